The summed E-state index contributed by atoms with van der Waals surface area (Å²) in [6.07, 6.45) is 6.22. The van der Waals surface area contributed by atoms with E-state index >= 15 is 0 Å². The summed E-state index contributed by atoms with van der Waals surface area (Å²) in [5.41, 5.74) is 2.43. The molecule has 0 aliphatic heterocycles. The first-order valence-corrected chi connectivity index (χ1v) is 7.25. The molecule has 0 bridgehead atoms. The minimum atomic E-state index is 0.478. The van der Waals surface area contributed by atoms with Crippen molar-refractivity contribution in [1.29, 1.82) is 0 Å². The fourth-order valence-electron chi connectivity index (χ4n) is 2.10. The molecule has 18 heavy (non-hydrogen) atoms. The van der Waals surface area contributed by atoms with Gasteiger partial charge in [-0.3, -0.25) is 4.98 Å². The van der Waals surface area contributed by atoms with Crippen molar-refractivity contribution in [1.82, 2.24) is 10.3 Å². The number of aryl methyl sites for hydroxylation is 1. The van der Waals surface area contributed by atoms with Gasteiger partial charge in [-0.15, -0.1) is 11.3 Å². The molecular formula is C15H20N2S. The zero-order valence-electron chi connectivity index (χ0n) is 11.2. The molecule has 2 rings (SSSR count). The zero-order chi connectivity index (χ0) is 13.0. The van der Waals surface area contributed by atoms with Crippen molar-refractivity contribution in [2.24, 2.45) is 0 Å². The number of rotatable bonds is 5. The fourth-order valence-corrected chi connectivity index (χ4v) is 3.24. The van der Waals surface area contributed by atoms with Crippen LogP contribution in [0.4, 0.5) is 0 Å². The normalized spacial score (nSPS) is 12.6. The minimum Gasteiger partial charge on any atom is -0.312 e. The van der Waals surface area contributed by atoms with E-state index < -0.39 is 0 Å². The molecule has 0 saturated heterocycles. The lowest BCUT2D eigenvalue weighted by Crippen LogP contribution is -2.14. The lowest BCUT2D eigenvalue weighted by atomic mass is 10.1. The van der Waals surface area contributed by atoms with Gasteiger partial charge in [0.1, 0.15) is 0 Å². The molecule has 0 fully saturated rings. The standard InChI is InChI=1S/C15H20N2S/c1-4-5-13(16-3)15-7-6-14(18-15)12-8-11(2)9-17-10-12/h6-10,13,16H,4-5H2,1-3H3. The molecule has 3 heteroatoms. The third kappa shape index (κ3) is 2.98. The second kappa shape index (κ2) is 6.12. The second-order valence-corrected chi connectivity index (χ2v) is 5.70. The maximum atomic E-state index is 4.26. The highest BCUT2D eigenvalue weighted by atomic mass is 32.1. The Morgan fingerprint density at radius 3 is 2.83 bits per heavy atom. The summed E-state index contributed by atoms with van der Waals surface area (Å²) in [4.78, 5) is 6.98. The van der Waals surface area contributed by atoms with Gasteiger partial charge in [0.15, 0.2) is 0 Å². The van der Waals surface area contributed by atoms with Crippen LogP contribution in [0.25, 0.3) is 10.4 Å². The van der Waals surface area contributed by atoms with Crippen LogP contribution in [0.2, 0.25) is 0 Å². The summed E-state index contributed by atoms with van der Waals surface area (Å²) < 4.78 is 0. The number of nitrogens with zero attached hydrogens (tertiary/aromatic N) is 1. The zero-order valence-corrected chi connectivity index (χ0v) is 12.1. The van der Waals surface area contributed by atoms with Gasteiger partial charge in [0.05, 0.1) is 0 Å². The van der Waals surface area contributed by atoms with Crippen LogP contribution in [-0.2, 0) is 0 Å². The molecule has 1 unspecified atom stereocenters. The highest BCUT2D eigenvalue weighted by Crippen LogP contribution is 2.32. The highest BCUT2D eigenvalue weighted by Gasteiger charge is 2.11. The Labute approximate surface area is 113 Å². The largest absolute Gasteiger partial charge is 0.312 e. The summed E-state index contributed by atoms with van der Waals surface area (Å²) in [6, 6.07) is 7.11. The van der Waals surface area contributed by atoms with Crippen LogP contribution in [0.3, 0.4) is 0 Å². The third-order valence-corrected chi connectivity index (χ3v) is 4.30. The van der Waals surface area contributed by atoms with Gasteiger partial charge in [-0.1, -0.05) is 13.3 Å². The van der Waals surface area contributed by atoms with Crippen LogP contribution >= 0.6 is 11.3 Å². The Hall–Kier alpha value is -1.19. The van der Waals surface area contributed by atoms with E-state index in [1.54, 1.807) is 0 Å². The summed E-state index contributed by atoms with van der Waals surface area (Å²) >= 11 is 1.86. The van der Waals surface area contributed by atoms with Gasteiger partial charge in [0.25, 0.3) is 0 Å². The summed E-state index contributed by atoms with van der Waals surface area (Å²) in [7, 11) is 2.04. The topological polar surface area (TPSA) is 24.9 Å². The van der Waals surface area contributed by atoms with Crippen LogP contribution in [0.15, 0.2) is 30.6 Å². The third-order valence-electron chi connectivity index (χ3n) is 3.06. The molecule has 0 radical (unpaired) electrons. The Morgan fingerprint density at radius 1 is 1.33 bits per heavy atom. The fraction of sp³-hybridized carbons (Fsp3) is 0.400. The molecule has 2 aromatic rings. The quantitative estimate of drug-likeness (QED) is 0.872. The van der Waals surface area contributed by atoms with E-state index in [4.69, 9.17) is 0 Å². The summed E-state index contributed by atoms with van der Waals surface area (Å²) in [5.74, 6) is 0. The molecule has 0 amide bonds. The summed E-state index contributed by atoms with van der Waals surface area (Å²) in [5, 5.41) is 3.39. The lowest BCUT2D eigenvalue weighted by Gasteiger charge is -2.12. The van der Waals surface area contributed by atoms with Crippen molar-refractivity contribution in [3.63, 3.8) is 0 Å². The molecule has 1 N–H and O–H groups in total. The molecule has 0 spiro atoms. The van der Waals surface area contributed by atoms with E-state index in [1.807, 2.05) is 30.8 Å². The molecule has 0 aliphatic rings. The number of aromatic nitrogens is 1. The van der Waals surface area contributed by atoms with Gasteiger partial charge in [-0.05, 0) is 44.2 Å². The van der Waals surface area contributed by atoms with Crippen molar-refractivity contribution >= 4 is 11.3 Å². The van der Waals surface area contributed by atoms with Gasteiger partial charge < -0.3 is 5.32 Å². The van der Waals surface area contributed by atoms with Crippen molar-refractivity contribution < 1.29 is 0 Å². The van der Waals surface area contributed by atoms with Gasteiger partial charge in [0.2, 0.25) is 0 Å². The molecule has 0 aliphatic carbocycles. The molecule has 2 aromatic heterocycles. The number of nitrogens with one attached hydrogen (secondary N) is 1. The Balaban J connectivity index is 2.24. The SMILES string of the molecule is CCCC(NC)c1ccc(-c2cncc(C)c2)s1. The van der Waals surface area contributed by atoms with Crippen molar-refractivity contribution in [3.05, 3.63) is 41.0 Å². The van der Waals surface area contributed by atoms with Crippen LogP contribution in [0.1, 0.15) is 36.2 Å². The first kappa shape index (κ1) is 13.2. The van der Waals surface area contributed by atoms with Gasteiger partial charge in [-0.2, -0.15) is 0 Å². The first-order chi connectivity index (χ1) is 8.74. The maximum absolute atomic E-state index is 4.26. The Morgan fingerprint density at radius 2 is 2.17 bits per heavy atom. The number of hydrogen-bond donors (Lipinski definition) is 1. The van der Waals surface area contributed by atoms with Gasteiger partial charge in [-0.25, -0.2) is 0 Å². The maximum Gasteiger partial charge on any atom is 0.0412 e. The average molecular weight is 260 g/mol. The molecule has 0 aromatic carbocycles. The predicted molar refractivity (Wildman–Crippen MR) is 79.0 cm³/mol. The average Bonchev–Trinajstić information content (AvgIpc) is 2.85. The van der Waals surface area contributed by atoms with E-state index in [9.17, 15) is 0 Å². The molecule has 0 saturated carbocycles. The molecular weight excluding hydrogens is 240 g/mol. The molecule has 1 atom stereocenters. The van der Waals surface area contributed by atoms with Crippen molar-refractivity contribution in [3.8, 4) is 10.4 Å². The van der Waals surface area contributed by atoms with Crippen molar-refractivity contribution in [2.45, 2.75) is 32.7 Å². The predicted octanol–water partition coefficient (Wildman–Crippen LogP) is 4.18. The Bertz CT molecular complexity index is 505. The van der Waals surface area contributed by atoms with E-state index in [2.05, 4.69) is 42.3 Å². The first-order valence-electron chi connectivity index (χ1n) is 6.43. The lowest BCUT2D eigenvalue weighted by molar-refractivity contribution is 0.550. The minimum absolute atomic E-state index is 0.478. The molecule has 2 nitrogen and oxygen atoms in total. The number of pyridine rings is 1. The number of thiophene rings is 1. The van der Waals surface area contributed by atoms with E-state index in [-0.39, 0.29) is 0 Å². The second-order valence-electron chi connectivity index (χ2n) is 4.58. The highest BCUT2D eigenvalue weighted by molar-refractivity contribution is 7.15. The monoisotopic (exact) mass is 260 g/mol. The van der Waals surface area contributed by atoms with Crippen molar-refractivity contribution in [2.75, 3.05) is 7.05 Å². The van der Waals surface area contributed by atoms with Crippen LogP contribution < -0.4 is 5.32 Å². The van der Waals surface area contributed by atoms with Gasteiger partial charge >= 0.3 is 0 Å². The number of hydrogen-bond acceptors (Lipinski definition) is 3. The van der Waals surface area contributed by atoms with E-state index in [0.717, 1.165) is 0 Å². The van der Waals surface area contributed by atoms with Crippen LogP contribution in [-0.4, -0.2) is 12.0 Å². The molecule has 2 heterocycles. The summed E-state index contributed by atoms with van der Waals surface area (Å²) in [6.45, 7) is 4.31. The smallest absolute Gasteiger partial charge is 0.0412 e. The van der Waals surface area contributed by atoms with Crippen LogP contribution in [0, 0.1) is 6.92 Å². The van der Waals surface area contributed by atoms with E-state index in [0.29, 0.717) is 6.04 Å². The Kier molecular flexibility index (Phi) is 4.50. The van der Waals surface area contributed by atoms with Gasteiger partial charge in [0, 0.05) is 33.8 Å². The van der Waals surface area contributed by atoms with Crippen LogP contribution in [0.5, 0.6) is 0 Å². The van der Waals surface area contributed by atoms with E-state index in [1.165, 1.54) is 33.7 Å². The molecule has 96 valence electrons.